The third-order valence-corrected chi connectivity index (χ3v) is 3.16. The minimum atomic E-state index is -0.0418. The molecular formula is C14H21ClN2O2. The molecule has 1 amide bonds. The van der Waals surface area contributed by atoms with Crippen LogP contribution in [-0.4, -0.2) is 44.7 Å². The molecular weight excluding hydrogens is 264 g/mol. The summed E-state index contributed by atoms with van der Waals surface area (Å²) in [5.74, 6) is -0.0418. The molecule has 0 bridgehead atoms. The number of hydrogen-bond donors (Lipinski definition) is 1. The highest BCUT2D eigenvalue weighted by Gasteiger charge is 2.07. The van der Waals surface area contributed by atoms with Gasteiger partial charge < -0.3 is 10.1 Å². The van der Waals surface area contributed by atoms with Crippen molar-refractivity contribution < 1.29 is 9.53 Å². The third kappa shape index (κ3) is 6.05. The van der Waals surface area contributed by atoms with Crippen molar-refractivity contribution in [2.24, 2.45) is 0 Å². The lowest BCUT2D eigenvalue weighted by Gasteiger charge is -2.16. The van der Waals surface area contributed by atoms with E-state index in [9.17, 15) is 4.79 Å². The largest absolute Gasteiger partial charge is 0.385 e. The van der Waals surface area contributed by atoms with Crippen LogP contribution in [-0.2, 0) is 9.53 Å². The Morgan fingerprint density at radius 1 is 1.47 bits per heavy atom. The van der Waals surface area contributed by atoms with Gasteiger partial charge in [0.2, 0.25) is 5.91 Å². The highest BCUT2D eigenvalue weighted by atomic mass is 35.5. The van der Waals surface area contributed by atoms with E-state index in [-0.39, 0.29) is 5.91 Å². The number of methoxy groups -OCH3 is 1. The zero-order chi connectivity index (χ0) is 14.3. The van der Waals surface area contributed by atoms with Crippen LogP contribution in [0, 0.1) is 6.92 Å². The van der Waals surface area contributed by atoms with E-state index >= 15 is 0 Å². The molecule has 0 spiro atoms. The summed E-state index contributed by atoms with van der Waals surface area (Å²) in [7, 11) is 3.59. The van der Waals surface area contributed by atoms with Crippen molar-refractivity contribution in [1.29, 1.82) is 0 Å². The Morgan fingerprint density at radius 3 is 2.84 bits per heavy atom. The molecule has 1 rings (SSSR count). The minimum Gasteiger partial charge on any atom is -0.385 e. The van der Waals surface area contributed by atoms with Crippen LogP contribution in [0.3, 0.4) is 0 Å². The van der Waals surface area contributed by atoms with E-state index in [1.165, 1.54) is 0 Å². The number of aryl methyl sites for hydroxylation is 1. The number of carbonyl (C=O) groups excluding carboxylic acids is 1. The number of carbonyl (C=O) groups is 1. The Balaban J connectivity index is 2.39. The molecule has 0 fully saturated rings. The molecule has 19 heavy (non-hydrogen) atoms. The van der Waals surface area contributed by atoms with Crippen LogP contribution in [0.5, 0.6) is 0 Å². The average Bonchev–Trinajstić information content (AvgIpc) is 2.34. The van der Waals surface area contributed by atoms with Gasteiger partial charge in [-0.2, -0.15) is 0 Å². The first kappa shape index (κ1) is 16.0. The van der Waals surface area contributed by atoms with Crippen LogP contribution in [0.25, 0.3) is 0 Å². The summed E-state index contributed by atoms with van der Waals surface area (Å²) < 4.78 is 4.98. The topological polar surface area (TPSA) is 41.6 Å². The molecule has 0 aromatic heterocycles. The zero-order valence-electron chi connectivity index (χ0n) is 11.7. The monoisotopic (exact) mass is 284 g/mol. The lowest BCUT2D eigenvalue weighted by molar-refractivity contribution is -0.117. The third-order valence-electron chi connectivity index (χ3n) is 2.76. The number of ether oxygens (including phenoxy) is 1. The van der Waals surface area contributed by atoms with E-state index in [1.54, 1.807) is 13.2 Å². The molecule has 0 aliphatic carbocycles. The molecule has 106 valence electrons. The summed E-state index contributed by atoms with van der Waals surface area (Å²) in [5, 5.41) is 3.49. The summed E-state index contributed by atoms with van der Waals surface area (Å²) in [4.78, 5) is 13.8. The van der Waals surface area contributed by atoms with Gasteiger partial charge in [0.1, 0.15) is 0 Å². The second kappa shape index (κ2) is 8.15. The Labute approximate surface area is 119 Å². The quantitative estimate of drug-likeness (QED) is 0.783. The molecule has 0 aliphatic heterocycles. The summed E-state index contributed by atoms with van der Waals surface area (Å²) in [6.07, 6.45) is 0.913. The highest BCUT2D eigenvalue weighted by molar-refractivity contribution is 6.31. The van der Waals surface area contributed by atoms with Crippen molar-refractivity contribution in [1.82, 2.24) is 4.90 Å². The van der Waals surface area contributed by atoms with Gasteiger partial charge in [0.25, 0.3) is 0 Å². The fourth-order valence-corrected chi connectivity index (χ4v) is 1.85. The lowest BCUT2D eigenvalue weighted by Crippen LogP contribution is -2.31. The van der Waals surface area contributed by atoms with Crippen molar-refractivity contribution in [3.8, 4) is 0 Å². The molecule has 1 aromatic carbocycles. The van der Waals surface area contributed by atoms with Gasteiger partial charge in [-0.25, -0.2) is 0 Å². The fourth-order valence-electron chi connectivity index (χ4n) is 1.67. The van der Waals surface area contributed by atoms with Crippen molar-refractivity contribution >= 4 is 23.2 Å². The predicted molar refractivity (Wildman–Crippen MR) is 78.8 cm³/mol. The van der Waals surface area contributed by atoms with Crippen LogP contribution >= 0.6 is 11.6 Å². The van der Waals surface area contributed by atoms with Gasteiger partial charge in [-0.05, 0) is 38.1 Å². The molecule has 4 nitrogen and oxygen atoms in total. The van der Waals surface area contributed by atoms with E-state index < -0.39 is 0 Å². The summed E-state index contributed by atoms with van der Waals surface area (Å²) in [6, 6.07) is 5.50. The fraction of sp³-hybridized carbons (Fsp3) is 0.500. The Bertz CT molecular complexity index is 424. The zero-order valence-corrected chi connectivity index (χ0v) is 12.5. The normalized spacial score (nSPS) is 10.8. The van der Waals surface area contributed by atoms with Gasteiger partial charge in [-0.3, -0.25) is 9.69 Å². The number of amides is 1. The molecule has 5 heteroatoms. The number of rotatable bonds is 7. The standard InChI is InChI=1S/C14H21ClN2O2/c1-11-5-6-12(9-13(11)15)16-14(18)10-17(2)7-4-8-19-3/h5-6,9H,4,7-8,10H2,1-3H3,(H,16,18). The van der Waals surface area contributed by atoms with E-state index in [4.69, 9.17) is 16.3 Å². The maximum atomic E-state index is 11.8. The molecule has 1 N–H and O–H groups in total. The SMILES string of the molecule is COCCCN(C)CC(=O)Nc1ccc(C)c(Cl)c1. The van der Waals surface area contributed by atoms with Crippen LogP contribution in [0.2, 0.25) is 5.02 Å². The first-order valence-electron chi connectivity index (χ1n) is 6.26. The van der Waals surface area contributed by atoms with Gasteiger partial charge >= 0.3 is 0 Å². The first-order chi connectivity index (χ1) is 9.02. The first-order valence-corrected chi connectivity index (χ1v) is 6.64. The summed E-state index contributed by atoms with van der Waals surface area (Å²) in [6.45, 7) is 3.82. The predicted octanol–water partition coefficient (Wildman–Crippen LogP) is 2.56. The maximum absolute atomic E-state index is 11.8. The van der Waals surface area contributed by atoms with Crippen molar-refractivity contribution in [2.75, 3.05) is 39.2 Å². The molecule has 0 unspecified atom stereocenters. The van der Waals surface area contributed by atoms with Gasteiger partial charge in [-0.1, -0.05) is 17.7 Å². The smallest absolute Gasteiger partial charge is 0.238 e. The number of hydrogen-bond acceptors (Lipinski definition) is 3. The molecule has 0 heterocycles. The molecule has 0 saturated carbocycles. The number of anilines is 1. The van der Waals surface area contributed by atoms with Crippen LogP contribution in [0.1, 0.15) is 12.0 Å². The molecule has 0 aliphatic rings. The van der Waals surface area contributed by atoms with Gasteiger partial charge in [0, 0.05) is 31.0 Å². The Morgan fingerprint density at radius 2 is 2.21 bits per heavy atom. The van der Waals surface area contributed by atoms with Crippen molar-refractivity contribution in [2.45, 2.75) is 13.3 Å². The number of benzene rings is 1. The Hall–Kier alpha value is -1.10. The lowest BCUT2D eigenvalue weighted by atomic mass is 10.2. The van der Waals surface area contributed by atoms with Gasteiger partial charge in [0.15, 0.2) is 0 Å². The highest BCUT2D eigenvalue weighted by Crippen LogP contribution is 2.19. The minimum absolute atomic E-state index is 0.0418. The van der Waals surface area contributed by atoms with E-state index in [2.05, 4.69) is 5.32 Å². The molecule has 1 aromatic rings. The van der Waals surface area contributed by atoms with E-state index in [1.807, 2.05) is 31.0 Å². The van der Waals surface area contributed by atoms with Crippen LogP contribution < -0.4 is 5.32 Å². The van der Waals surface area contributed by atoms with E-state index in [0.717, 1.165) is 24.2 Å². The van der Waals surface area contributed by atoms with Crippen LogP contribution in [0.4, 0.5) is 5.69 Å². The summed E-state index contributed by atoms with van der Waals surface area (Å²) >= 11 is 6.01. The Kier molecular flexibility index (Phi) is 6.84. The van der Waals surface area contributed by atoms with Gasteiger partial charge in [-0.15, -0.1) is 0 Å². The van der Waals surface area contributed by atoms with Crippen molar-refractivity contribution in [3.05, 3.63) is 28.8 Å². The molecule has 0 saturated heterocycles. The maximum Gasteiger partial charge on any atom is 0.238 e. The number of likely N-dealkylation sites (N-methyl/N-ethyl adjacent to an activating group) is 1. The number of nitrogens with one attached hydrogen (secondary N) is 1. The van der Waals surface area contributed by atoms with Crippen LogP contribution in [0.15, 0.2) is 18.2 Å². The van der Waals surface area contributed by atoms with E-state index in [0.29, 0.717) is 18.2 Å². The molecule has 0 atom stereocenters. The molecule has 0 radical (unpaired) electrons. The van der Waals surface area contributed by atoms with Gasteiger partial charge in [0.05, 0.1) is 6.54 Å². The number of nitrogens with zero attached hydrogens (tertiary/aromatic N) is 1. The second-order valence-electron chi connectivity index (χ2n) is 4.60. The number of halogens is 1. The summed E-state index contributed by atoms with van der Waals surface area (Å²) in [5.41, 5.74) is 1.72. The average molecular weight is 285 g/mol. The second-order valence-corrected chi connectivity index (χ2v) is 5.00. The van der Waals surface area contributed by atoms with Crippen molar-refractivity contribution in [3.63, 3.8) is 0 Å².